The van der Waals surface area contributed by atoms with Crippen LogP contribution in [0.1, 0.15) is 22.3 Å². The smallest absolute Gasteiger partial charge is 0.407 e. The highest BCUT2D eigenvalue weighted by molar-refractivity contribution is 5.70. The first-order valence-corrected chi connectivity index (χ1v) is 13.3. The van der Waals surface area contributed by atoms with Crippen LogP contribution in [0.2, 0.25) is 0 Å². The lowest BCUT2D eigenvalue weighted by atomic mass is 9.80. The summed E-state index contributed by atoms with van der Waals surface area (Å²) in [6, 6.07) is 40.2. The predicted molar refractivity (Wildman–Crippen MR) is 151 cm³/mol. The highest BCUT2D eigenvalue weighted by Crippen LogP contribution is 2.40. The quantitative estimate of drug-likeness (QED) is 0.257. The number of aliphatic hydroxyl groups is 1. The van der Waals surface area contributed by atoms with Crippen molar-refractivity contribution in [3.05, 3.63) is 144 Å². The third-order valence-electron chi connectivity index (χ3n) is 7.14. The molecule has 2 N–H and O–H groups in total. The van der Waals surface area contributed by atoms with Gasteiger partial charge in [0.1, 0.15) is 11.7 Å². The Kier molecular flexibility index (Phi) is 8.68. The van der Waals surface area contributed by atoms with Gasteiger partial charge in [-0.05, 0) is 22.3 Å². The van der Waals surface area contributed by atoms with E-state index in [1.165, 1.54) is 0 Å². The van der Waals surface area contributed by atoms with Crippen molar-refractivity contribution in [3.8, 4) is 0 Å². The van der Waals surface area contributed by atoms with E-state index in [9.17, 15) is 9.90 Å². The van der Waals surface area contributed by atoms with Gasteiger partial charge in [0.2, 0.25) is 0 Å². The molecule has 1 fully saturated rings. The summed E-state index contributed by atoms with van der Waals surface area (Å²) >= 11 is 0. The molecule has 39 heavy (non-hydrogen) atoms. The summed E-state index contributed by atoms with van der Waals surface area (Å²) in [4.78, 5) is 14.6. The Morgan fingerprint density at radius 3 is 1.74 bits per heavy atom. The Hall–Kier alpha value is -3.97. The van der Waals surface area contributed by atoms with Crippen LogP contribution in [0.5, 0.6) is 0 Å². The SMILES string of the molecule is O=C1N[C@H](CN(CCO)Cc2ccccc2)[C@@H](COC(c2ccccc2)(c2ccccc2)c2ccccc2)O1. The summed E-state index contributed by atoms with van der Waals surface area (Å²) in [7, 11) is 0. The lowest BCUT2D eigenvalue weighted by molar-refractivity contribution is -0.0387. The Morgan fingerprint density at radius 1 is 0.769 bits per heavy atom. The molecule has 4 aromatic carbocycles. The predicted octanol–water partition coefficient (Wildman–Crippen LogP) is 4.97. The molecule has 5 rings (SSSR count). The van der Waals surface area contributed by atoms with Crippen molar-refractivity contribution in [1.82, 2.24) is 10.2 Å². The van der Waals surface area contributed by atoms with Gasteiger partial charge in [0, 0.05) is 19.6 Å². The van der Waals surface area contributed by atoms with E-state index in [0.717, 1.165) is 22.3 Å². The van der Waals surface area contributed by atoms with Gasteiger partial charge in [0.05, 0.1) is 19.3 Å². The second-order valence-corrected chi connectivity index (χ2v) is 9.73. The van der Waals surface area contributed by atoms with Crippen molar-refractivity contribution in [3.63, 3.8) is 0 Å². The standard InChI is InChI=1S/C33H34N2O4/c36-22-21-35(23-26-13-5-1-6-14-26)24-30-31(39-32(37)34-30)25-38-33(27-15-7-2-8-16-27,28-17-9-3-10-18-28)29-19-11-4-12-20-29/h1-20,30-31,36H,21-25H2,(H,34,37)/t30-,31-/m1/s1. The maximum Gasteiger partial charge on any atom is 0.407 e. The Labute approximate surface area is 229 Å². The van der Waals surface area contributed by atoms with E-state index in [-0.39, 0.29) is 19.3 Å². The topological polar surface area (TPSA) is 71.0 Å². The van der Waals surface area contributed by atoms with Crippen molar-refractivity contribution in [1.29, 1.82) is 0 Å². The van der Waals surface area contributed by atoms with Gasteiger partial charge < -0.3 is 19.9 Å². The number of nitrogens with zero attached hydrogens (tertiary/aromatic N) is 1. The molecule has 0 saturated carbocycles. The van der Waals surface area contributed by atoms with E-state index in [2.05, 4.69) is 58.7 Å². The molecule has 1 heterocycles. The van der Waals surface area contributed by atoms with Crippen LogP contribution in [0.15, 0.2) is 121 Å². The second-order valence-electron chi connectivity index (χ2n) is 9.73. The van der Waals surface area contributed by atoms with Gasteiger partial charge in [-0.2, -0.15) is 0 Å². The van der Waals surface area contributed by atoms with Crippen molar-refractivity contribution >= 4 is 6.09 Å². The third kappa shape index (κ3) is 6.20. The number of cyclic esters (lactones) is 1. The molecule has 1 saturated heterocycles. The van der Waals surface area contributed by atoms with Gasteiger partial charge in [-0.1, -0.05) is 121 Å². The van der Waals surface area contributed by atoms with Crippen molar-refractivity contribution in [2.24, 2.45) is 0 Å². The Bertz CT molecular complexity index is 1210. The molecule has 0 aromatic heterocycles. The van der Waals surface area contributed by atoms with Crippen LogP contribution < -0.4 is 5.32 Å². The molecule has 6 nitrogen and oxygen atoms in total. The van der Waals surface area contributed by atoms with Crippen LogP contribution in [-0.2, 0) is 21.6 Å². The fourth-order valence-electron chi connectivity index (χ4n) is 5.28. The first-order chi connectivity index (χ1) is 19.2. The molecule has 0 radical (unpaired) electrons. The van der Waals surface area contributed by atoms with E-state index in [1.807, 2.05) is 72.8 Å². The normalized spacial score (nSPS) is 17.1. The maximum absolute atomic E-state index is 12.4. The third-order valence-corrected chi connectivity index (χ3v) is 7.14. The fourth-order valence-corrected chi connectivity index (χ4v) is 5.28. The average Bonchev–Trinajstić information content (AvgIpc) is 3.34. The Balaban J connectivity index is 1.44. The monoisotopic (exact) mass is 522 g/mol. The number of carbonyl (C=O) groups is 1. The number of alkyl carbamates (subject to hydrolysis) is 1. The number of carbonyl (C=O) groups excluding carboxylic acids is 1. The summed E-state index contributed by atoms with van der Waals surface area (Å²) < 4.78 is 12.7. The number of benzene rings is 4. The number of nitrogens with one attached hydrogen (secondary N) is 1. The largest absolute Gasteiger partial charge is 0.442 e. The van der Waals surface area contributed by atoms with Crippen LogP contribution in [-0.4, -0.2) is 54.5 Å². The number of ether oxygens (including phenoxy) is 2. The molecule has 1 aliphatic heterocycles. The summed E-state index contributed by atoms with van der Waals surface area (Å²) in [5, 5.41) is 12.7. The molecular formula is C33H34N2O4. The van der Waals surface area contributed by atoms with Crippen LogP contribution >= 0.6 is 0 Å². The number of hydrogen-bond donors (Lipinski definition) is 2. The van der Waals surface area contributed by atoms with E-state index in [4.69, 9.17) is 9.47 Å². The zero-order valence-corrected chi connectivity index (χ0v) is 21.9. The Morgan fingerprint density at radius 2 is 1.26 bits per heavy atom. The van der Waals surface area contributed by atoms with Gasteiger partial charge in [0.25, 0.3) is 0 Å². The fraction of sp³-hybridized carbons (Fsp3) is 0.242. The highest BCUT2D eigenvalue weighted by atomic mass is 16.6. The van der Waals surface area contributed by atoms with Gasteiger partial charge in [0.15, 0.2) is 0 Å². The summed E-state index contributed by atoms with van der Waals surface area (Å²) in [5.41, 5.74) is 3.20. The zero-order chi connectivity index (χ0) is 26.9. The average molecular weight is 523 g/mol. The minimum atomic E-state index is -0.905. The number of hydrogen-bond acceptors (Lipinski definition) is 5. The molecule has 200 valence electrons. The minimum Gasteiger partial charge on any atom is -0.442 e. The van der Waals surface area contributed by atoms with Gasteiger partial charge in [-0.25, -0.2) is 4.79 Å². The first-order valence-electron chi connectivity index (χ1n) is 13.3. The van der Waals surface area contributed by atoms with Crippen molar-refractivity contribution in [2.75, 3.05) is 26.3 Å². The van der Waals surface area contributed by atoms with Crippen LogP contribution in [0.3, 0.4) is 0 Å². The lowest BCUT2D eigenvalue weighted by Gasteiger charge is -2.37. The first kappa shape index (κ1) is 26.6. The highest BCUT2D eigenvalue weighted by Gasteiger charge is 2.42. The maximum atomic E-state index is 12.4. The molecule has 1 amide bonds. The van der Waals surface area contributed by atoms with Crippen LogP contribution in [0.4, 0.5) is 4.79 Å². The van der Waals surface area contributed by atoms with E-state index >= 15 is 0 Å². The molecule has 0 aliphatic carbocycles. The lowest BCUT2D eigenvalue weighted by Crippen LogP contribution is -2.46. The van der Waals surface area contributed by atoms with Gasteiger partial charge in [-0.15, -0.1) is 0 Å². The van der Waals surface area contributed by atoms with E-state index < -0.39 is 17.8 Å². The molecule has 0 bridgehead atoms. The zero-order valence-electron chi connectivity index (χ0n) is 21.9. The van der Waals surface area contributed by atoms with Gasteiger partial charge >= 0.3 is 6.09 Å². The minimum absolute atomic E-state index is 0.0225. The second kappa shape index (κ2) is 12.7. The number of aliphatic hydroxyl groups excluding tert-OH is 1. The van der Waals surface area contributed by atoms with Crippen LogP contribution in [0, 0.1) is 0 Å². The number of amides is 1. The molecule has 6 heteroatoms. The summed E-state index contributed by atoms with van der Waals surface area (Å²) in [6.45, 7) is 1.86. The summed E-state index contributed by atoms with van der Waals surface area (Å²) in [5.74, 6) is 0. The van der Waals surface area contributed by atoms with E-state index in [1.54, 1.807) is 0 Å². The molecule has 2 atom stereocenters. The summed E-state index contributed by atoms with van der Waals surface area (Å²) in [6.07, 6.45) is -0.966. The molecule has 0 unspecified atom stereocenters. The molecular weight excluding hydrogens is 488 g/mol. The molecule has 4 aromatic rings. The van der Waals surface area contributed by atoms with Crippen LogP contribution in [0.25, 0.3) is 0 Å². The van der Waals surface area contributed by atoms with E-state index in [0.29, 0.717) is 19.6 Å². The van der Waals surface area contributed by atoms with Crippen molar-refractivity contribution in [2.45, 2.75) is 24.3 Å². The molecule has 0 spiro atoms. The van der Waals surface area contributed by atoms with Gasteiger partial charge in [-0.3, -0.25) is 4.90 Å². The van der Waals surface area contributed by atoms with Crippen molar-refractivity contribution < 1.29 is 19.4 Å². The molecule has 1 aliphatic rings. The number of rotatable bonds is 12.